The molecule has 0 bridgehead atoms. The summed E-state index contributed by atoms with van der Waals surface area (Å²) in [4.78, 5) is 20.7. The molecule has 2 N–H and O–H groups in total. The standard InChI is InChI=1S/C15H20N4OS/c1-4-6-16-11-5-7-17-12(8-11)14(20)19-15-18-13(9-21-15)10(2)3/h5,7-10H,4,6H2,1-3H3,(H,16,17)(H,18,19,20). The number of amides is 1. The van der Waals surface area contributed by atoms with Gasteiger partial charge in [0.15, 0.2) is 5.13 Å². The van der Waals surface area contributed by atoms with E-state index in [-0.39, 0.29) is 5.91 Å². The van der Waals surface area contributed by atoms with Crippen molar-refractivity contribution in [1.29, 1.82) is 0 Å². The van der Waals surface area contributed by atoms with Crippen molar-refractivity contribution in [3.8, 4) is 0 Å². The number of carbonyl (C=O) groups excluding carboxylic acids is 1. The van der Waals surface area contributed by atoms with Crippen molar-refractivity contribution in [3.05, 3.63) is 35.1 Å². The second-order valence-electron chi connectivity index (χ2n) is 5.04. The van der Waals surface area contributed by atoms with E-state index in [1.807, 2.05) is 11.4 Å². The Labute approximate surface area is 128 Å². The molecule has 0 saturated heterocycles. The number of pyridine rings is 1. The number of aromatic nitrogens is 2. The molecule has 0 aromatic carbocycles. The van der Waals surface area contributed by atoms with E-state index in [9.17, 15) is 4.79 Å². The van der Waals surface area contributed by atoms with Crippen molar-refractivity contribution in [2.24, 2.45) is 0 Å². The number of nitrogens with one attached hydrogen (secondary N) is 2. The van der Waals surface area contributed by atoms with Gasteiger partial charge in [0.25, 0.3) is 5.91 Å². The molecule has 112 valence electrons. The molecule has 2 aromatic rings. The van der Waals surface area contributed by atoms with Crippen molar-refractivity contribution in [2.75, 3.05) is 17.2 Å². The number of anilines is 2. The molecule has 0 saturated carbocycles. The Bertz CT molecular complexity index is 609. The minimum absolute atomic E-state index is 0.236. The van der Waals surface area contributed by atoms with E-state index in [0.29, 0.717) is 16.7 Å². The number of carbonyl (C=O) groups is 1. The van der Waals surface area contributed by atoms with Crippen molar-refractivity contribution >= 4 is 28.1 Å². The molecule has 1 amide bonds. The first-order valence-electron chi connectivity index (χ1n) is 7.07. The lowest BCUT2D eigenvalue weighted by atomic mass is 10.2. The number of nitrogens with zero attached hydrogens (tertiary/aromatic N) is 2. The second-order valence-corrected chi connectivity index (χ2v) is 5.90. The molecule has 0 fully saturated rings. The Morgan fingerprint density at radius 2 is 2.24 bits per heavy atom. The predicted octanol–water partition coefficient (Wildman–Crippen LogP) is 3.74. The first kappa shape index (κ1) is 15.4. The van der Waals surface area contributed by atoms with E-state index >= 15 is 0 Å². The van der Waals surface area contributed by atoms with Gasteiger partial charge in [-0.25, -0.2) is 4.98 Å². The van der Waals surface area contributed by atoms with Crippen LogP contribution in [0.1, 0.15) is 49.3 Å². The number of rotatable bonds is 6. The van der Waals surface area contributed by atoms with Crippen LogP contribution in [0, 0.1) is 0 Å². The Morgan fingerprint density at radius 3 is 2.90 bits per heavy atom. The lowest BCUT2D eigenvalue weighted by Crippen LogP contribution is -2.14. The molecule has 0 aliphatic rings. The Balaban J connectivity index is 2.05. The quantitative estimate of drug-likeness (QED) is 0.853. The average molecular weight is 304 g/mol. The van der Waals surface area contributed by atoms with Gasteiger partial charge in [-0.15, -0.1) is 11.3 Å². The topological polar surface area (TPSA) is 66.9 Å². The first-order chi connectivity index (χ1) is 10.1. The molecule has 0 aliphatic heterocycles. The molecule has 0 aliphatic carbocycles. The third-order valence-corrected chi connectivity index (χ3v) is 3.68. The summed E-state index contributed by atoms with van der Waals surface area (Å²) in [5.41, 5.74) is 2.28. The highest BCUT2D eigenvalue weighted by atomic mass is 32.1. The Kier molecular flexibility index (Phi) is 5.27. The summed E-state index contributed by atoms with van der Waals surface area (Å²) in [6.07, 6.45) is 2.66. The van der Waals surface area contributed by atoms with Crippen LogP contribution in [0.5, 0.6) is 0 Å². The van der Waals surface area contributed by atoms with Gasteiger partial charge in [-0.2, -0.15) is 0 Å². The number of hydrogen-bond donors (Lipinski definition) is 2. The fraction of sp³-hybridized carbons (Fsp3) is 0.400. The van der Waals surface area contributed by atoms with Gasteiger partial charge in [-0.05, 0) is 24.5 Å². The van der Waals surface area contributed by atoms with Gasteiger partial charge in [0, 0.05) is 23.8 Å². The van der Waals surface area contributed by atoms with Crippen molar-refractivity contribution in [2.45, 2.75) is 33.1 Å². The van der Waals surface area contributed by atoms with Gasteiger partial charge >= 0.3 is 0 Å². The summed E-state index contributed by atoms with van der Waals surface area (Å²) < 4.78 is 0. The van der Waals surface area contributed by atoms with E-state index in [0.717, 1.165) is 24.3 Å². The van der Waals surface area contributed by atoms with Crippen LogP contribution in [-0.4, -0.2) is 22.4 Å². The molecule has 2 aromatic heterocycles. The van der Waals surface area contributed by atoms with Crippen LogP contribution in [-0.2, 0) is 0 Å². The maximum atomic E-state index is 12.2. The summed E-state index contributed by atoms with van der Waals surface area (Å²) in [6.45, 7) is 7.11. The average Bonchev–Trinajstić information content (AvgIpc) is 2.94. The minimum Gasteiger partial charge on any atom is -0.385 e. The molecule has 5 nitrogen and oxygen atoms in total. The lowest BCUT2D eigenvalue weighted by molar-refractivity contribution is 0.102. The van der Waals surface area contributed by atoms with Crippen molar-refractivity contribution < 1.29 is 4.79 Å². The van der Waals surface area contributed by atoms with E-state index in [4.69, 9.17) is 0 Å². The fourth-order valence-corrected chi connectivity index (χ4v) is 2.57. The van der Waals surface area contributed by atoms with Crippen molar-refractivity contribution in [3.63, 3.8) is 0 Å². The van der Waals surface area contributed by atoms with E-state index in [2.05, 4.69) is 41.4 Å². The SMILES string of the molecule is CCCNc1ccnc(C(=O)Nc2nc(C(C)C)cs2)c1. The van der Waals surface area contributed by atoms with Gasteiger partial charge in [0.2, 0.25) is 0 Å². The third-order valence-electron chi connectivity index (χ3n) is 2.91. The van der Waals surface area contributed by atoms with Crippen LogP contribution in [0.3, 0.4) is 0 Å². The predicted molar refractivity (Wildman–Crippen MR) is 87.2 cm³/mol. The van der Waals surface area contributed by atoms with Gasteiger partial charge in [-0.1, -0.05) is 20.8 Å². The molecule has 0 radical (unpaired) electrons. The largest absolute Gasteiger partial charge is 0.385 e. The molecule has 2 rings (SSSR count). The first-order valence-corrected chi connectivity index (χ1v) is 7.94. The lowest BCUT2D eigenvalue weighted by Gasteiger charge is -2.06. The van der Waals surface area contributed by atoms with E-state index in [1.54, 1.807) is 12.3 Å². The summed E-state index contributed by atoms with van der Waals surface area (Å²) in [5, 5.41) is 8.61. The van der Waals surface area contributed by atoms with Gasteiger partial charge in [0.05, 0.1) is 5.69 Å². The zero-order valence-corrected chi connectivity index (χ0v) is 13.3. The molecule has 6 heteroatoms. The molecule has 0 unspecified atom stereocenters. The van der Waals surface area contributed by atoms with Crippen LogP contribution < -0.4 is 10.6 Å². The van der Waals surface area contributed by atoms with Crippen molar-refractivity contribution in [1.82, 2.24) is 9.97 Å². The highest BCUT2D eigenvalue weighted by molar-refractivity contribution is 7.14. The van der Waals surface area contributed by atoms with Crippen LogP contribution in [0.25, 0.3) is 0 Å². The van der Waals surface area contributed by atoms with Crippen LogP contribution >= 0.6 is 11.3 Å². The highest BCUT2D eigenvalue weighted by Crippen LogP contribution is 2.22. The highest BCUT2D eigenvalue weighted by Gasteiger charge is 2.12. The molecule has 2 heterocycles. The Morgan fingerprint density at radius 1 is 1.43 bits per heavy atom. The summed E-state index contributed by atoms with van der Waals surface area (Å²) in [6, 6.07) is 3.61. The normalized spacial score (nSPS) is 10.7. The van der Waals surface area contributed by atoms with E-state index < -0.39 is 0 Å². The zero-order valence-electron chi connectivity index (χ0n) is 12.5. The van der Waals surface area contributed by atoms with Gasteiger partial charge < -0.3 is 5.32 Å². The number of thiazole rings is 1. The monoisotopic (exact) mass is 304 g/mol. The fourth-order valence-electron chi connectivity index (χ4n) is 1.70. The van der Waals surface area contributed by atoms with Gasteiger partial charge in [-0.3, -0.25) is 15.1 Å². The smallest absolute Gasteiger partial charge is 0.276 e. The number of hydrogen-bond acceptors (Lipinski definition) is 5. The Hall–Kier alpha value is -1.95. The van der Waals surface area contributed by atoms with Crippen LogP contribution in [0.2, 0.25) is 0 Å². The van der Waals surface area contributed by atoms with Crippen LogP contribution in [0.15, 0.2) is 23.7 Å². The minimum atomic E-state index is -0.236. The summed E-state index contributed by atoms with van der Waals surface area (Å²) in [7, 11) is 0. The van der Waals surface area contributed by atoms with Crippen LogP contribution in [0.4, 0.5) is 10.8 Å². The molecular formula is C15H20N4OS. The third kappa shape index (κ3) is 4.26. The molecule has 0 atom stereocenters. The van der Waals surface area contributed by atoms with E-state index in [1.165, 1.54) is 11.3 Å². The zero-order chi connectivity index (χ0) is 15.2. The maximum absolute atomic E-state index is 12.2. The summed E-state index contributed by atoms with van der Waals surface area (Å²) in [5.74, 6) is 0.117. The molecular weight excluding hydrogens is 284 g/mol. The maximum Gasteiger partial charge on any atom is 0.276 e. The summed E-state index contributed by atoms with van der Waals surface area (Å²) >= 11 is 1.43. The second kappa shape index (κ2) is 7.17. The molecule has 0 spiro atoms. The molecule has 21 heavy (non-hydrogen) atoms. The van der Waals surface area contributed by atoms with Gasteiger partial charge in [0.1, 0.15) is 5.69 Å².